The van der Waals surface area contributed by atoms with E-state index in [0.717, 1.165) is 0 Å². The van der Waals surface area contributed by atoms with Crippen LogP contribution in [-0.4, -0.2) is 30.1 Å². The Morgan fingerprint density at radius 3 is 2.70 bits per heavy atom. The lowest BCUT2D eigenvalue weighted by Crippen LogP contribution is -2.15. The van der Waals surface area contributed by atoms with Crippen LogP contribution in [0.5, 0.6) is 5.75 Å². The van der Waals surface area contributed by atoms with Crippen LogP contribution in [0.1, 0.15) is 10.4 Å². The summed E-state index contributed by atoms with van der Waals surface area (Å²) in [4.78, 5) is 22.8. The van der Waals surface area contributed by atoms with Crippen molar-refractivity contribution in [3.8, 4) is 5.75 Å². The first-order valence-electron chi connectivity index (χ1n) is 7.03. The third-order valence-electron chi connectivity index (χ3n) is 3.28. The Hall–Kier alpha value is -2.93. The number of non-ortho nitro benzene ring substituents is 1. The van der Waals surface area contributed by atoms with E-state index >= 15 is 0 Å². The second-order valence-corrected chi connectivity index (χ2v) is 5.02. The van der Waals surface area contributed by atoms with E-state index in [2.05, 4.69) is 5.32 Å². The summed E-state index contributed by atoms with van der Waals surface area (Å²) in [7, 11) is 0. The standard InChI is InChI=1S/C16H14N2O5/c19-16(17-11-4-2-1-3-5-11)14-7-6-12(18(20)21)8-15(14)23-10-13-9-22-13/h1-8,13H,9-10H2,(H,17,19). The van der Waals surface area contributed by atoms with E-state index in [-0.39, 0.29) is 29.7 Å². The highest BCUT2D eigenvalue weighted by Gasteiger charge is 2.25. The molecule has 1 atom stereocenters. The zero-order valence-electron chi connectivity index (χ0n) is 12.1. The first-order valence-corrected chi connectivity index (χ1v) is 7.03. The van der Waals surface area contributed by atoms with Gasteiger partial charge in [0.1, 0.15) is 18.5 Å². The van der Waals surface area contributed by atoms with Crippen molar-refractivity contribution in [3.63, 3.8) is 0 Å². The maximum Gasteiger partial charge on any atom is 0.273 e. The molecule has 1 aliphatic rings. The van der Waals surface area contributed by atoms with Crippen molar-refractivity contribution in [2.45, 2.75) is 6.10 Å². The fourth-order valence-electron chi connectivity index (χ4n) is 2.00. The molecule has 1 unspecified atom stereocenters. The lowest BCUT2D eigenvalue weighted by atomic mass is 10.1. The number of anilines is 1. The molecular formula is C16H14N2O5. The number of epoxide rings is 1. The number of carbonyl (C=O) groups excluding carboxylic acids is 1. The summed E-state index contributed by atoms with van der Waals surface area (Å²) in [6, 6.07) is 12.9. The van der Waals surface area contributed by atoms with Gasteiger partial charge < -0.3 is 14.8 Å². The van der Waals surface area contributed by atoms with E-state index in [1.165, 1.54) is 18.2 Å². The number of para-hydroxylation sites is 1. The molecule has 1 N–H and O–H groups in total. The van der Waals surface area contributed by atoms with Crippen LogP contribution in [0.4, 0.5) is 11.4 Å². The third kappa shape index (κ3) is 3.83. The quantitative estimate of drug-likeness (QED) is 0.502. The number of nitro groups is 1. The second kappa shape index (κ2) is 6.45. The van der Waals surface area contributed by atoms with Crippen molar-refractivity contribution in [2.75, 3.05) is 18.5 Å². The third-order valence-corrected chi connectivity index (χ3v) is 3.28. The van der Waals surface area contributed by atoms with E-state index in [4.69, 9.17) is 9.47 Å². The summed E-state index contributed by atoms with van der Waals surface area (Å²) in [5.74, 6) is -0.221. The molecule has 2 aromatic rings. The van der Waals surface area contributed by atoms with Gasteiger partial charge in [-0.3, -0.25) is 14.9 Å². The van der Waals surface area contributed by atoms with E-state index in [9.17, 15) is 14.9 Å². The second-order valence-electron chi connectivity index (χ2n) is 5.02. The predicted octanol–water partition coefficient (Wildman–Crippen LogP) is 2.62. The molecule has 1 aliphatic heterocycles. The van der Waals surface area contributed by atoms with Gasteiger partial charge in [0, 0.05) is 11.8 Å². The molecule has 7 nitrogen and oxygen atoms in total. The van der Waals surface area contributed by atoms with Gasteiger partial charge in [-0.1, -0.05) is 18.2 Å². The summed E-state index contributed by atoms with van der Waals surface area (Å²) in [6.07, 6.45) is -0.0145. The Bertz CT molecular complexity index is 729. The van der Waals surface area contributed by atoms with Gasteiger partial charge in [-0.2, -0.15) is 0 Å². The van der Waals surface area contributed by atoms with Crippen LogP contribution in [-0.2, 0) is 4.74 Å². The van der Waals surface area contributed by atoms with Crippen LogP contribution < -0.4 is 10.1 Å². The molecule has 118 valence electrons. The summed E-state index contributed by atoms with van der Waals surface area (Å²) >= 11 is 0. The van der Waals surface area contributed by atoms with Gasteiger partial charge in [0.2, 0.25) is 0 Å². The molecule has 0 aromatic heterocycles. The lowest BCUT2D eigenvalue weighted by Gasteiger charge is -2.11. The average molecular weight is 314 g/mol. The highest BCUT2D eigenvalue weighted by atomic mass is 16.6. The lowest BCUT2D eigenvalue weighted by molar-refractivity contribution is -0.384. The fraction of sp³-hybridized carbons (Fsp3) is 0.188. The van der Waals surface area contributed by atoms with Gasteiger partial charge >= 0.3 is 0 Å². The fourth-order valence-corrected chi connectivity index (χ4v) is 2.00. The Balaban J connectivity index is 1.83. The minimum atomic E-state index is -0.528. The summed E-state index contributed by atoms with van der Waals surface area (Å²) in [5.41, 5.74) is 0.736. The van der Waals surface area contributed by atoms with E-state index in [1.54, 1.807) is 24.3 Å². The normalized spacial score (nSPS) is 15.7. The highest BCUT2D eigenvalue weighted by Crippen LogP contribution is 2.27. The average Bonchev–Trinajstić information content (AvgIpc) is 3.38. The zero-order chi connectivity index (χ0) is 16.2. The van der Waals surface area contributed by atoms with Crippen LogP contribution in [0.3, 0.4) is 0 Å². The number of rotatable bonds is 6. The van der Waals surface area contributed by atoms with Gasteiger partial charge in [0.05, 0.1) is 23.2 Å². The molecule has 1 heterocycles. The number of nitro benzene ring substituents is 1. The number of benzene rings is 2. The molecule has 1 amide bonds. The van der Waals surface area contributed by atoms with Crippen molar-refractivity contribution >= 4 is 17.3 Å². The summed E-state index contributed by atoms with van der Waals surface area (Å²) in [6.45, 7) is 0.854. The van der Waals surface area contributed by atoms with Gasteiger partial charge in [0.15, 0.2) is 0 Å². The van der Waals surface area contributed by atoms with Crippen LogP contribution in [0.2, 0.25) is 0 Å². The summed E-state index contributed by atoms with van der Waals surface area (Å²) < 4.78 is 10.6. The van der Waals surface area contributed by atoms with E-state index < -0.39 is 10.8 Å². The van der Waals surface area contributed by atoms with Crippen molar-refractivity contribution in [2.24, 2.45) is 0 Å². The number of nitrogens with one attached hydrogen (secondary N) is 1. The smallest absolute Gasteiger partial charge is 0.273 e. The van der Waals surface area contributed by atoms with Crippen LogP contribution in [0.15, 0.2) is 48.5 Å². The highest BCUT2D eigenvalue weighted by molar-refractivity contribution is 6.06. The summed E-state index contributed by atoms with van der Waals surface area (Å²) in [5, 5.41) is 13.6. The van der Waals surface area contributed by atoms with E-state index in [0.29, 0.717) is 12.3 Å². The maximum atomic E-state index is 12.4. The van der Waals surface area contributed by atoms with Crippen LogP contribution in [0, 0.1) is 10.1 Å². The minimum Gasteiger partial charge on any atom is -0.490 e. The molecule has 0 aliphatic carbocycles. The molecule has 3 rings (SSSR count). The van der Waals surface area contributed by atoms with Crippen molar-refractivity contribution in [3.05, 3.63) is 64.2 Å². The molecule has 0 saturated carbocycles. The van der Waals surface area contributed by atoms with Gasteiger partial charge in [-0.15, -0.1) is 0 Å². The maximum absolute atomic E-state index is 12.4. The largest absolute Gasteiger partial charge is 0.490 e. The molecule has 7 heteroatoms. The molecule has 2 aromatic carbocycles. The first-order chi connectivity index (χ1) is 11.1. The van der Waals surface area contributed by atoms with Gasteiger partial charge in [-0.25, -0.2) is 0 Å². The molecule has 23 heavy (non-hydrogen) atoms. The number of hydrogen-bond donors (Lipinski definition) is 1. The van der Waals surface area contributed by atoms with Gasteiger partial charge in [0.25, 0.3) is 11.6 Å². The minimum absolute atomic E-state index is 0.0145. The van der Waals surface area contributed by atoms with Crippen molar-refractivity contribution in [1.82, 2.24) is 0 Å². The van der Waals surface area contributed by atoms with E-state index in [1.807, 2.05) is 6.07 Å². The zero-order valence-corrected chi connectivity index (χ0v) is 12.1. The molecule has 0 bridgehead atoms. The number of hydrogen-bond acceptors (Lipinski definition) is 5. The number of ether oxygens (including phenoxy) is 2. The molecule has 0 radical (unpaired) electrons. The Labute approximate surface area is 132 Å². The first kappa shape index (κ1) is 15.0. The Kier molecular flexibility index (Phi) is 4.20. The van der Waals surface area contributed by atoms with Crippen LogP contribution in [0.25, 0.3) is 0 Å². The molecular weight excluding hydrogens is 300 g/mol. The SMILES string of the molecule is O=C(Nc1ccccc1)c1ccc([N+](=O)[O-])cc1OCC1CO1. The van der Waals surface area contributed by atoms with Crippen LogP contribution >= 0.6 is 0 Å². The topological polar surface area (TPSA) is 94.0 Å². The van der Waals surface area contributed by atoms with Gasteiger partial charge in [-0.05, 0) is 18.2 Å². The number of amides is 1. The molecule has 1 fully saturated rings. The number of nitrogens with zero attached hydrogens (tertiary/aromatic N) is 1. The molecule has 1 saturated heterocycles. The number of carbonyl (C=O) groups is 1. The molecule has 0 spiro atoms. The predicted molar refractivity (Wildman–Crippen MR) is 82.7 cm³/mol. The van der Waals surface area contributed by atoms with Crippen molar-refractivity contribution < 1.29 is 19.2 Å². The Morgan fingerprint density at radius 1 is 1.30 bits per heavy atom. The Morgan fingerprint density at radius 2 is 2.04 bits per heavy atom. The van der Waals surface area contributed by atoms with Crippen molar-refractivity contribution in [1.29, 1.82) is 0 Å². The monoisotopic (exact) mass is 314 g/mol.